The smallest absolute Gasteiger partial charge is 0.240 e. The van der Waals surface area contributed by atoms with Gasteiger partial charge in [-0.25, -0.2) is 4.90 Å². The highest BCUT2D eigenvalue weighted by Gasteiger charge is 2.63. The molecule has 3 aliphatic heterocycles. The summed E-state index contributed by atoms with van der Waals surface area (Å²) < 4.78 is 10.5. The summed E-state index contributed by atoms with van der Waals surface area (Å²) in [6.45, 7) is 1.49. The summed E-state index contributed by atoms with van der Waals surface area (Å²) in [5.41, 5.74) is 2.22. The lowest BCUT2D eigenvalue weighted by atomic mass is 9.88. The van der Waals surface area contributed by atoms with Crippen LogP contribution in [0.2, 0.25) is 0 Å². The molecular formula is C24H22N2O5. The van der Waals surface area contributed by atoms with Crippen LogP contribution >= 0.6 is 0 Å². The number of carbonyl (C=O) groups is 3. The van der Waals surface area contributed by atoms with Crippen molar-refractivity contribution in [3.05, 3.63) is 54.1 Å². The molecule has 2 aromatic carbocycles. The molecule has 3 heterocycles. The van der Waals surface area contributed by atoms with E-state index in [0.29, 0.717) is 17.2 Å². The number of fused-ring (bicyclic) bond motifs is 5. The van der Waals surface area contributed by atoms with E-state index >= 15 is 0 Å². The number of hydrogen-bond acceptors (Lipinski definition) is 6. The monoisotopic (exact) mass is 418 g/mol. The van der Waals surface area contributed by atoms with Crippen LogP contribution in [0.25, 0.3) is 6.08 Å². The number of nitrogens with zero attached hydrogens (tertiary/aromatic N) is 2. The Morgan fingerprint density at radius 1 is 0.903 bits per heavy atom. The van der Waals surface area contributed by atoms with Gasteiger partial charge in [-0.2, -0.15) is 0 Å². The first-order chi connectivity index (χ1) is 15.0. The Bertz CT molecular complexity index is 1120. The van der Waals surface area contributed by atoms with Crippen molar-refractivity contribution in [3.8, 4) is 11.5 Å². The molecule has 158 valence electrons. The number of amides is 2. The van der Waals surface area contributed by atoms with Crippen molar-refractivity contribution < 1.29 is 23.9 Å². The summed E-state index contributed by atoms with van der Waals surface area (Å²) in [5.74, 6) is -0.743. The Kier molecular flexibility index (Phi) is 4.36. The molecule has 5 rings (SSSR count). The van der Waals surface area contributed by atoms with Gasteiger partial charge in [-0.1, -0.05) is 12.2 Å². The minimum Gasteiger partial charge on any atom is -0.497 e. The number of hydrogen-bond donors (Lipinski definition) is 0. The van der Waals surface area contributed by atoms with Gasteiger partial charge in [0, 0.05) is 11.3 Å². The number of methoxy groups -OCH3 is 2. The van der Waals surface area contributed by atoms with Gasteiger partial charge in [0.25, 0.3) is 0 Å². The Labute approximate surface area is 179 Å². The third-order valence-corrected chi connectivity index (χ3v) is 6.46. The zero-order valence-electron chi connectivity index (χ0n) is 17.4. The number of anilines is 2. The van der Waals surface area contributed by atoms with Gasteiger partial charge in [0.1, 0.15) is 17.5 Å². The van der Waals surface area contributed by atoms with Gasteiger partial charge in [0.15, 0.2) is 5.78 Å². The second-order valence-electron chi connectivity index (χ2n) is 8.00. The second kappa shape index (κ2) is 6.97. The van der Waals surface area contributed by atoms with Crippen molar-refractivity contribution in [1.82, 2.24) is 0 Å². The number of benzene rings is 2. The maximum absolute atomic E-state index is 13.5. The summed E-state index contributed by atoms with van der Waals surface area (Å²) in [6.07, 6.45) is 3.86. The van der Waals surface area contributed by atoms with Crippen molar-refractivity contribution in [3.63, 3.8) is 0 Å². The van der Waals surface area contributed by atoms with Crippen LogP contribution in [0.5, 0.6) is 11.5 Å². The van der Waals surface area contributed by atoms with Crippen molar-refractivity contribution in [2.75, 3.05) is 24.0 Å². The SMILES string of the molecule is COc1ccc(N2C(=O)[C@@H]3[C@H](C2=O)[C@@H](C(C)=O)N2c4ccc(OC)cc4C=C[C@@H]32)cc1. The molecule has 0 saturated carbocycles. The van der Waals surface area contributed by atoms with Crippen molar-refractivity contribution in [2.24, 2.45) is 11.8 Å². The van der Waals surface area contributed by atoms with Gasteiger partial charge in [0.2, 0.25) is 11.8 Å². The summed E-state index contributed by atoms with van der Waals surface area (Å²) >= 11 is 0. The third-order valence-electron chi connectivity index (χ3n) is 6.46. The third kappa shape index (κ3) is 2.69. The van der Waals surface area contributed by atoms with Crippen LogP contribution in [0, 0.1) is 11.8 Å². The van der Waals surface area contributed by atoms with Crippen molar-refractivity contribution >= 4 is 35.0 Å². The van der Waals surface area contributed by atoms with E-state index in [4.69, 9.17) is 9.47 Å². The van der Waals surface area contributed by atoms with Gasteiger partial charge in [-0.05, 0) is 49.4 Å². The zero-order chi connectivity index (χ0) is 21.9. The maximum Gasteiger partial charge on any atom is 0.240 e. The van der Waals surface area contributed by atoms with E-state index in [9.17, 15) is 14.4 Å². The van der Waals surface area contributed by atoms with Crippen LogP contribution in [-0.2, 0) is 14.4 Å². The first kappa shape index (κ1) is 19.4. The first-order valence-electron chi connectivity index (χ1n) is 10.1. The largest absolute Gasteiger partial charge is 0.497 e. The molecule has 0 N–H and O–H groups in total. The first-order valence-corrected chi connectivity index (χ1v) is 10.1. The average Bonchev–Trinajstić information content (AvgIpc) is 3.26. The molecule has 7 heteroatoms. The van der Waals surface area contributed by atoms with Gasteiger partial charge >= 0.3 is 0 Å². The normalized spacial score (nSPS) is 25.9. The molecule has 31 heavy (non-hydrogen) atoms. The molecule has 0 radical (unpaired) electrons. The minimum absolute atomic E-state index is 0.132. The van der Waals surface area contributed by atoms with E-state index in [2.05, 4.69) is 0 Å². The number of ether oxygens (including phenoxy) is 2. The number of imide groups is 1. The summed E-state index contributed by atoms with van der Waals surface area (Å²) in [6, 6.07) is 11.3. The second-order valence-corrected chi connectivity index (χ2v) is 8.00. The van der Waals surface area contributed by atoms with E-state index in [1.165, 1.54) is 11.8 Å². The number of rotatable bonds is 4. The number of Topliss-reactive ketones (excluding diaryl/α,β-unsaturated/α-hetero) is 1. The van der Waals surface area contributed by atoms with Crippen LogP contribution in [0.4, 0.5) is 11.4 Å². The highest BCUT2D eigenvalue weighted by atomic mass is 16.5. The predicted molar refractivity (Wildman–Crippen MR) is 115 cm³/mol. The van der Waals surface area contributed by atoms with Crippen LogP contribution in [0.3, 0.4) is 0 Å². The lowest BCUT2D eigenvalue weighted by molar-refractivity contribution is -0.126. The fourth-order valence-corrected chi connectivity index (χ4v) is 5.12. The molecule has 0 aromatic heterocycles. The molecule has 0 aliphatic carbocycles. The van der Waals surface area contributed by atoms with E-state index in [1.807, 2.05) is 35.3 Å². The Balaban J connectivity index is 1.58. The Hall–Kier alpha value is -3.61. The Morgan fingerprint density at radius 3 is 2.19 bits per heavy atom. The zero-order valence-corrected chi connectivity index (χ0v) is 17.4. The minimum atomic E-state index is -0.727. The van der Waals surface area contributed by atoms with E-state index < -0.39 is 17.9 Å². The quantitative estimate of drug-likeness (QED) is 0.711. The van der Waals surface area contributed by atoms with Crippen LogP contribution < -0.4 is 19.3 Å². The van der Waals surface area contributed by atoms with Crippen LogP contribution in [0.1, 0.15) is 12.5 Å². The van der Waals surface area contributed by atoms with E-state index in [1.54, 1.807) is 38.5 Å². The summed E-state index contributed by atoms with van der Waals surface area (Å²) in [7, 11) is 3.15. The molecule has 0 bridgehead atoms. The van der Waals surface area contributed by atoms with Gasteiger partial charge in [0.05, 0.1) is 37.8 Å². The maximum atomic E-state index is 13.5. The number of carbonyl (C=O) groups excluding carboxylic acids is 3. The van der Waals surface area contributed by atoms with Crippen molar-refractivity contribution in [2.45, 2.75) is 19.0 Å². The summed E-state index contributed by atoms with van der Waals surface area (Å²) in [4.78, 5) is 42.9. The molecule has 2 amide bonds. The fraction of sp³-hybridized carbons (Fsp3) is 0.292. The lowest BCUT2D eigenvalue weighted by Crippen LogP contribution is -2.48. The lowest BCUT2D eigenvalue weighted by Gasteiger charge is -2.36. The van der Waals surface area contributed by atoms with Crippen molar-refractivity contribution in [1.29, 1.82) is 0 Å². The molecule has 2 saturated heterocycles. The number of ketones is 1. The highest BCUT2D eigenvalue weighted by molar-refractivity contribution is 6.24. The molecular weight excluding hydrogens is 396 g/mol. The predicted octanol–water partition coefficient (Wildman–Crippen LogP) is 2.68. The molecule has 4 atom stereocenters. The molecule has 0 spiro atoms. The van der Waals surface area contributed by atoms with Gasteiger partial charge in [-0.3, -0.25) is 14.4 Å². The molecule has 7 nitrogen and oxygen atoms in total. The average molecular weight is 418 g/mol. The Morgan fingerprint density at radius 2 is 1.55 bits per heavy atom. The molecule has 2 aromatic rings. The van der Waals surface area contributed by atoms with Gasteiger partial charge in [-0.15, -0.1) is 0 Å². The summed E-state index contributed by atoms with van der Waals surface area (Å²) in [5, 5.41) is 0. The van der Waals surface area contributed by atoms with Crippen LogP contribution in [-0.4, -0.2) is 43.9 Å². The standard InChI is InChI=1S/C24H22N2O5/c1-13(27)22-21-20(19-10-4-14-12-17(31-3)9-11-18(14)26(19)22)23(28)25(24(21)29)15-5-7-16(30-2)8-6-15/h4-12,19-22H,1-3H3/t19-,20-,21-,22+/m0/s1. The molecule has 0 unspecified atom stereocenters. The molecule has 3 aliphatic rings. The van der Waals surface area contributed by atoms with Crippen LogP contribution in [0.15, 0.2) is 48.5 Å². The van der Waals surface area contributed by atoms with Gasteiger partial charge < -0.3 is 14.4 Å². The molecule has 2 fully saturated rings. The van der Waals surface area contributed by atoms with E-state index in [0.717, 1.165) is 11.3 Å². The fourth-order valence-electron chi connectivity index (χ4n) is 5.12. The highest BCUT2D eigenvalue weighted by Crippen LogP contribution is 2.49. The van der Waals surface area contributed by atoms with E-state index in [-0.39, 0.29) is 23.6 Å². The topological polar surface area (TPSA) is 76.2 Å².